The van der Waals surface area contributed by atoms with Crippen molar-refractivity contribution in [2.75, 3.05) is 12.3 Å². The molecule has 2 heterocycles. The van der Waals surface area contributed by atoms with E-state index in [1.165, 1.54) is 11.1 Å². The molecule has 0 spiro atoms. The van der Waals surface area contributed by atoms with Gasteiger partial charge in [-0.2, -0.15) is 0 Å². The summed E-state index contributed by atoms with van der Waals surface area (Å²) in [5.41, 5.74) is 11.5. The smallest absolute Gasteiger partial charge is 0.223 e. The highest BCUT2D eigenvalue weighted by Gasteiger charge is 2.25. The van der Waals surface area contributed by atoms with E-state index in [1.807, 2.05) is 25.1 Å². The number of nitrogens with one attached hydrogen (secondary N) is 1. The molecule has 3 N–H and O–H groups in total. The van der Waals surface area contributed by atoms with E-state index in [2.05, 4.69) is 53.5 Å². The lowest BCUT2D eigenvalue weighted by Gasteiger charge is -2.28. The van der Waals surface area contributed by atoms with Crippen molar-refractivity contribution in [1.29, 1.82) is 0 Å². The Bertz CT molecular complexity index is 1180. The number of benzene rings is 2. The van der Waals surface area contributed by atoms with Gasteiger partial charge in [0.25, 0.3) is 0 Å². The summed E-state index contributed by atoms with van der Waals surface area (Å²) in [7, 11) is 0. The number of ether oxygens (including phenoxy) is 1. The van der Waals surface area contributed by atoms with Crippen LogP contribution in [0.25, 0.3) is 22.0 Å². The maximum Gasteiger partial charge on any atom is 0.223 e. The number of terminal acetylenes is 1. The van der Waals surface area contributed by atoms with Gasteiger partial charge >= 0.3 is 0 Å². The molecule has 3 atom stereocenters. The molecule has 0 saturated carbocycles. The normalized spacial score (nSPS) is 19.3. The third kappa shape index (κ3) is 4.76. The fourth-order valence-electron chi connectivity index (χ4n) is 4.27. The summed E-state index contributed by atoms with van der Waals surface area (Å²) in [5, 5.41) is 4.14. The van der Waals surface area contributed by atoms with E-state index in [1.54, 1.807) is 0 Å². The number of nitrogen functional groups attached to an aromatic ring is 1. The van der Waals surface area contributed by atoms with Gasteiger partial charge < -0.3 is 15.8 Å². The molecule has 1 saturated heterocycles. The van der Waals surface area contributed by atoms with Crippen molar-refractivity contribution in [2.45, 2.75) is 45.3 Å². The van der Waals surface area contributed by atoms with Crippen LogP contribution in [0.1, 0.15) is 30.9 Å². The van der Waals surface area contributed by atoms with Crippen LogP contribution >= 0.6 is 0 Å². The SMILES string of the molecule is C#C[C@H]1C[C@@H](NC(=O)C(C)Cc2cc3cc(-c4ccccc4C)ccc3nc2N)CCO1. The van der Waals surface area contributed by atoms with Crippen molar-refractivity contribution in [3.63, 3.8) is 0 Å². The average Bonchev–Trinajstić information content (AvgIpc) is 2.79. The van der Waals surface area contributed by atoms with E-state index in [-0.39, 0.29) is 24.0 Å². The Morgan fingerprint density at radius 2 is 2.12 bits per heavy atom. The van der Waals surface area contributed by atoms with Crippen LogP contribution < -0.4 is 11.1 Å². The average molecular weight is 428 g/mol. The molecule has 2 aromatic carbocycles. The number of aryl methyl sites for hydroxylation is 1. The molecule has 0 bridgehead atoms. The highest BCUT2D eigenvalue weighted by Crippen LogP contribution is 2.28. The maximum atomic E-state index is 12.8. The first-order chi connectivity index (χ1) is 15.4. The highest BCUT2D eigenvalue weighted by atomic mass is 16.5. The van der Waals surface area contributed by atoms with Gasteiger partial charge in [-0.1, -0.05) is 43.2 Å². The second-order valence-electron chi connectivity index (χ2n) is 8.62. The quantitative estimate of drug-likeness (QED) is 0.596. The number of nitrogens with zero attached hydrogens (tertiary/aromatic N) is 1. The van der Waals surface area contributed by atoms with Crippen LogP contribution in [0, 0.1) is 25.2 Å². The topological polar surface area (TPSA) is 77.2 Å². The van der Waals surface area contributed by atoms with E-state index < -0.39 is 0 Å². The lowest BCUT2D eigenvalue weighted by molar-refractivity contribution is -0.126. The number of amides is 1. The summed E-state index contributed by atoms with van der Waals surface area (Å²) in [6.45, 7) is 4.59. The van der Waals surface area contributed by atoms with E-state index in [0.29, 0.717) is 25.3 Å². The number of nitrogens with two attached hydrogens (primary N) is 1. The second-order valence-corrected chi connectivity index (χ2v) is 8.62. The van der Waals surface area contributed by atoms with Crippen LogP contribution in [-0.2, 0) is 16.0 Å². The second kappa shape index (κ2) is 9.42. The zero-order valence-corrected chi connectivity index (χ0v) is 18.6. The van der Waals surface area contributed by atoms with Gasteiger partial charge in [0, 0.05) is 23.8 Å². The summed E-state index contributed by atoms with van der Waals surface area (Å²) in [4.78, 5) is 17.4. The predicted molar refractivity (Wildman–Crippen MR) is 129 cm³/mol. The van der Waals surface area contributed by atoms with Gasteiger partial charge in [-0.3, -0.25) is 4.79 Å². The van der Waals surface area contributed by atoms with Crippen molar-refractivity contribution in [3.05, 3.63) is 59.7 Å². The van der Waals surface area contributed by atoms with Gasteiger partial charge in [0.2, 0.25) is 5.91 Å². The lowest BCUT2D eigenvalue weighted by Crippen LogP contribution is -2.44. The van der Waals surface area contributed by atoms with Crippen molar-refractivity contribution >= 4 is 22.6 Å². The number of pyridine rings is 1. The summed E-state index contributed by atoms with van der Waals surface area (Å²) < 4.78 is 5.49. The number of carbonyl (C=O) groups is 1. The largest absolute Gasteiger partial charge is 0.383 e. The molecule has 1 fully saturated rings. The first kappa shape index (κ1) is 21.9. The minimum Gasteiger partial charge on any atom is -0.383 e. The molecule has 1 aliphatic heterocycles. The van der Waals surface area contributed by atoms with Crippen molar-refractivity contribution in [2.24, 2.45) is 5.92 Å². The molecular formula is C27H29N3O2. The van der Waals surface area contributed by atoms with Gasteiger partial charge in [0.15, 0.2) is 0 Å². The standard InChI is InChI=1S/C27H29N3O2/c1-4-23-16-22(11-12-32-23)29-27(31)18(3)13-21-15-20-14-19(9-10-25(20)30-26(21)28)24-8-6-5-7-17(24)2/h1,5-10,14-15,18,22-23H,11-13,16H2,2-3H3,(H2,28,30)(H,29,31)/t18?,22-,23-/m0/s1. The molecule has 0 radical (unpaired) electrons. The summed E-state index contributed by atoms with van der Waals surface area (Å²) in [5.74, 6) is 2.86. The first-order valence-electron chi connectivity index (χ1n) is 11.1. The third-order valence-electron chi connectivity index (χ3n) is 6.17. The molecule has 164 valence electrons. The monoisotopic (exact) mass is 427 g/mol. The molecule has 1 aromatic heterocycles. The minimum atomic E-state index is -0.233. The molecule has 0 aliphatic carbocycles. The Balaban J connectivity index is 1.52. The number of hydrogen-bond acceptors (Lipinski definition) is 4. The Labute approximate surface area is 189 Å². The number of fused-ring (bicyclic) bond motifs is 1. The Hall–Kier alpha value is -3.36. The molecule has 5 heteroatoms. The molecular weight excluding hydrogens is 398 g/mol. The fraction of sp³-hybridized carbons (Fsp3) is 0.333. The molecule has 1 aliphatic rings. The van der Waals surface area contributed by atoms with Gasteiger partial charge in [-0.05, 0) is 60.2 Å². The number of aromatic nitrogens is 1. The lowest BCUT2D eigenvalue weighted by atomic mass is 9.96. The predicted octanol–water partition coefficient (Wildman–Crippen LogP) is 4.27. The number of carbonyl (C=O) groups excluding carboxylic acids is 1. The minimum absolute atomic E-state index is 0.000768. The zero-order chi connectivity index (χ0) is 22.7. The molecule has 4 rings (SSSR count). The Kier molecular flexibility index (Phi) is 6.43. The van der Waals surface area contributed by atoms with Crippen molar-refractivity contribution < 1.29 is 9.53 Å². The maximum absolute atomic E-state index is 12.8. The molecule has 5 nitrogen and oxygen atoms in total. The van der Waals surface area contributed by atoms with Crippen LogP contribution in [0.3, 0.4) is 0 Å². The molecule has 32 heavy (non-hydrogen) atoms. The van der Waals surface area contributed by atoms with Crippen LogP contribution in [0.5, 0.6) is 0 Å². The molecule has 3 aromatic rings. The van der Waals surface area contributed by atoms with E-state index in [0.717, 1.165) is 28.5 Å². The van der Waals surface area contributed by atoms with Crippen molar-refractivity contribution in [3.8, 4) is 23.5 Å². The summed E-state index contributed by atoms with van der Waals surface area (Å²) in [6.07, 6.45) is 7.19. The zero-order valence-electron chi connectivity index (χ0n) is 18.6. The van der Waals surface area contributed by atoms with Crippen LogP contribution in [0.4, 0.5) is 5.82 Å². The highest BCUT2D eigenvalue weighted by molar-refractivity contribution is 5.87. The first-order valence-corrected chi connectivity index (χ1v) is 11.1. The van der Waals surface area contributed by atoms with Crippen molar-refractivity contribution in [1.82, 2.24) is 10.3 Å². The van der Waals surface area contributed by atoms with E-state index >= 15 is 0 Å². The van der Waals surface area contributed by atoms with Gasteiger partial charge in [-0.15, -0.1) is 6.42 Å². The number of rotatable bonds is 5. The third-order valence-corrected chi connectivity index (χ3v) is 6.17. The fourth-order valence-corrected chi connectivity index (χ4v) is 4.27. The van der Waals surface area contributed by atoms with Crippen LogP contribution in [-0.4, -0.2) is 29.6 Å². The number of anilines is 1. The number of hydrogen-bond donors (Lipinski definition) is 2. The van der Waals surface area contributed by atoms with Crippen LogP contribution in [0.2, 0.25) is 0 Å². The molecule has 1 unspecified atom stereocenters. The summed E-state index contributed by atoms with van der Waals surface area (Å²) >= 11 is 0. The molecule has 1 amide bonds. The van der Waals surface area contributed by atoms with E-state index in [9.17, 15) is 4.79 Å². The van der Waals surface area contributed by atoms with E-state index in [4.69, 9.17) is 16.9 Å². The Morgan fingerprint density at radius 3 is 2.91 bits per heavy atom. The van der Waals surface area contributed by atoms with Gasteiger partial charge in [0.05, 0.1) is 12.1 Å². The van der Waals surface area contributed by atoms with Crippen LogP contribution in [0.15, 0.2) is 48.5 Å². The Morgan fingerprint density at radius 1 is 1.31 bits per heavy atom. The summed E-state index contributed by atoms with van der Waals surface area (Å²) in [6, 6.07) is 16.6. The van der Waals surface area contributed by atoms with Gasteiger partial charge in [0.1, 0.15) is 11.9 Å². The van der Waals surface area contributed by atoms with Gasteiger partial charge in [-0.25, -0.2) is 4.98 Å².